The number of ether oxygens (including phenoxy) is 6. The number of alkyl carbamates (subject to hydrolysis) is 4. The number of Topliss-reactive ketones (excluding diaryl/α,β-unsaturated/α-hetero) is 2. The number of carbonyl (C=O) groups is 16. The predicted molar refractivity (Wildman–Crippen MR) is 421 cm³/mol. The molecule has 1 aromatic rings. The van der Waals surface area contributed by atoms with Crippen LogP contribution in [0.4, 0.5) is 19.2 Å². The number of hydrogen-bond acceptors (Lipinski definition) is 25. The molecule has 654 valence electrons. The van der Waals surface area contributed by atoms with Gasteiger partial charge in [0.2, 0.25) is 41.4 Å². The molecule has 37 nitrogen and oxygen atoms in total. The van der Waals surface area contributed by atoms with Crippen LogP contribution in [-0.2, 0) is 92.4 Å². The summed E-state index contributed by atoms with van der Waals surface area (Å²) in [5.74, 6) is -17.3. The summed E-state index contributed by atoms with van der Waals surface area (Å²) in [6.07, 6.45) is -11.2. The van der Waals surface area contributed by atoms with Crippen molar-refractivity contribution in [2.45, 2.75) is 303 Å². The summed E-state index contributed by atoms with van der Waals surface area (Å²) < 4.78 is 32.6. The molecule has 2 aliphatic heterocycles. The van der Waals surface area contributed by atoms with Gasteiger partial charge in [-0.25, -0.2) is 19.2 Å². The quantitative estimate of drug-likeness (QED) is 0.0208. The van der Waals surface area contributed by atoms with Gasteiger partial charge in [0.25, 0.3) is 5.91 Å². The maximum atomic E-state index is 15.4. The highest BCUT2D eigenvalue weighted by Crippen LogP contribution is 2.28. The number of esters is 2. The Morgan fingerprint density at radius 3 is 1.57 bits per heavy atom. The van der Waals surface area contributed by atoms with Gasteiger partial charge >= 0.3 is 36.3 Å². The first kappa shape index (κ1) is 100. The van der Waals surface area contributed by atoms with Crippen molar-refractivity contribution < 1.29 is 115 Å². The third kappa shape index (κ3) is 39.2. The van der Waals surface area contributed by atoms with Crippen LogP contribution in [0.15, 0.2) is 30.3 Å². The first-order chi connectivity index (χ1) is 54.0. The van der Waals surface area contributed by atoms with Crippen LogP contribution in [0.1, 0.15) is 213 Å². The van der Waals surface area contributed by atoms with E-state index in [1.165, 1.54) is 0 Å². The fourth-order valence-corrected chi connectivity index (χ4v) is 12.1. The summed E-state index contributed by atoms with van der Waals surface area (Å²) in [7, 11) is 0. The van der Waals surface area contributed by atoms with Crippen molar-refractivity contribution in [2.75, 3.05) is 39.3 Å². The van der Waals surface area contributed by atoms with E-state index in [0.29, 0.717) is 12.0 Å². The second-order valence-corrected chi connectivity index (χ2v) is 33.6. The molecule has 0 aliphatic carbocycles. The Labute approximate surface area is 679 Å². The van der Waals surface area contributed by atoms with Crippen molar-refractivity contribution in [1.82, 2.24) is 63.8 Å². The standard InChI is InChI=1S/C79H129N13O24/c1-18-19-21-26-50-43-51(70(105)111-50)71(106)112-59(27-33-80)67(102)92-61(46(5)94)69(104)87-53(31-37-84-74(109)115-78(12,13)14)58(96)41-48-28-34-81-68(103)60(45(4)93)91-63(98)49(29-35-82-72(107)113-76(6,7)8)42-57(95)52(30-36-83-73(108)114-77(9,10)11)86-65(100)55(39-44(2)3)89-66(101)56(40-47-24-22-20-23-25-47)90-64(99)54(88-62(48)97)32-38-85-75(110)116-79(15,16)17/h20,22-25,44-46,48-56,59-61,93-94H,18-19,21,26-43,80H2,1-17H3,(H,81,103)(H,82,107)(H,83,108)(H,84,109)(H,85,110)(H,86,100)(H,87,104)(H,88,97)(H,89,101)(H,90,99)(H,91,98)(H,92,102)/t45?,46?,48-,49-,50?,51?,52+,53+,54+,55+,56-,59+,60+,61+/m1/s1. The van der Waals surface area contributed by atoms with Crippen LogP contribution >= 0.6 is 0 Å². The Morgan fingerprint density at radius 1 is 0.560 bits per heavy atom. The Balaban J connectivity index is 2.36. The van der Waals surface area contributed by atoms with E-state index in [2.05, 4.69) is 63.8 Å². The van der Waals surface area contributed by atoms with E-state index >= 15 is 19.2 Å². The Hall–Kier alpha value is -9.78. The third-order valence-corrected chi connectivity index (χ3v) is 17.8. The zero-order valence-corrected chi connectivity index (χ0v) is 70.3. The molecule has 2 aliphatic rings. The van der Waals surface area contributed by atoms with Gasteiger partial charge in [0.05, 0.1) is 24.3 Å². The van der Waals surface area contributed by atoms with Gasteiger partial charge in [-0.05, 0) is 166 Å². The van der Waals surface area contributed by atoms with E-state index in [1.54, 1.807) is 127 Å². The smallest absolute Gasteiger partial charge is 0.407 e. The zero-order chi connectivity index (χ0) is 87.6. The maximum Gasteiger partial charge on any atom is 0.407 e. The molecule has 0 spiro atoms. The summed E-state index contributed by atoms with van der Waals surface area (Å²) in [6, 6.07) is -3.73. The highest BCUT2D eigenvalue weighted by atomic mass is 16.6. The molecule has 0 aromatic heterocycles. The predicted octanol–water partition coefficient (Wildman–Crippen LogP) is 2.53. The molecule has 12 amide bonds. The highest BCUT2D eigenvalue weighted by molar-refractivity contribution is 6.00. The van der Waals surface area contributed by atoms with E-state index < -0.39 is 254 Å². The lowest BCUT2D eigenvalue weighted by Crippen LogP contribution is -2.59. The molecule has 14 atom stereocenters. The van der Waals surface area contributed by atoms with Crippen molar-refractivity contribution in [3.8, 4) is 0 Å². The number of nitrogens with two attached hydrogens (primary N) is 1. The molecular formula is C79H129N13O24. The second kappa shape index (κ2) is 48.1. The monoisotopic (exact) mass is 1640 g/mol. The molecule has 3 rings (SSSR count). The van der Waals surface area contributed by atoms with E-state index in [1.807, 2.05) is 6.92 Å². The minimum atomic E-state index is -1.96. The number of rotatable bonds is 33. The van der Waals surface area contributed by atoms with Crippen LogP contribution in [0, 0.1) is 23.7 Å². The molecule has 2 fully saturated rings. The molecule has 0 saturated carbocycles. The summed E-state index contributed by atoms with van der Waals surface area (Å²) in [6.45, 7) is 24.5. The van der Waals surface area contributed by atoms with Gasteiger partial charge in [0, 0.05) is 76.7 Å². The average Bonchev–Trinajstić information content (AvgIpc) is 1.59. The van der Waals surface area contributed by atoms with E-state index in [4.69, 9.17) is 34.2 Å². The minimum Gasteiger partial charge on any atom is -0.462 e. The molecule has 116 heavy (non-hydrogen) atoms. The van der Waals surface area contributed by atoms with Crippen molar-refractivity contribution in [2.24, 2.45) is 29.4 Å². The van der Waals surface area contributed by atoms with E-state index in [-0.39, 0.29) is 64.1 Å². The highest BCUT2D eigenvalue weighted by Gasteiger charge is 2.44. The molecule has 2 saturated heterocycles. The van der Waals surface area contributed by atoms with Crippen molar-refractivity contribution in [3.63, 3.8) is 0 Å². The molecule has 0 bridgehead atoms. The number of ketones is 2. The van der Waals surface area contributed by atoms with Gasteiger partial charge in [0.15, 0.2) is 23.6 Å². The lowest BCUT2D eigenvalue weighted by Gasteiger charge is -2.29. The number of cyclic esters (lactones) is 1. The molecule has 2 heterocycles. The van der Waals surface area contributed by atoms with Crippen LogP contribution in [0.5, 0.6) is 0 Å². The normalized spacial score (nSPS) is 21.9. The molecule has 16 N–H and O–H groups in total. The van der Waals surface area contributed by atoms with E-state index in [9.17, 15) is 67.7 Å². The van der Waals surface area contributed by atoms with Crippen LogP contribution < -0.4 is 69.5 Å². The lowest BCUT2D eigenvalue weighted by molar-refractivity contribution is -0.164. The fourth-order valence-electron chi connectivity index (χ4n) is 12.1. The van der Waals surface area contributed by atoms with Crippen molar-refractivity contribution in [3.05, 3.63) is 35.9 Å². The van der Waals surface area contributed by atoms with Gasteiger partial charge in [0.1, 0.15) is 58.7 Å². The SMILES string of the molecule is CCCCCC1CC(C(=O)O[C@@H](CCN)C(=O)N[C@H](C(=O)N[C@@H](CCNC(=O)OC(C)(C)C)C(=O)C[C@H]2CCNC(=O)[C@H](C(C)O)NC(=O)[C@H](CCNC(=O)OC(C)(C)C)CC(=O)[C@H](CCNC(=O)OC(C)(C)C)NC(=O)[C@H](CC(C)C)NC(=O)[C@@H](Cc3ccccc3)NC(=O)[C@H](CCNC(=O)OC(C)(C)C)NC2=O)C(C)O)C(=O)O1. The number of aliphatic hydroxyl groups is 2. The fraction of sp³-hybridized carbons (Fsp3) is 0.722. The Kier molecular flexibility index (Phi) is 41.6. The van der Waals surface area contributed by atoms with E-state index in [0.717, 1.165) is 33.1 Å². The first-order valence-electron chi connectivity index (χ1n) is 39.8. The second-order valence-electron chi connectivity index (χ2n) is 33.6. The molecule has 0 radical (unpaired) electrons. The average molecular weight is 1640 g/mol. The first-order valence-corrected chi connectivity index (χ1v) is 39.8. The topological polar surface area (TPSA) is 539 Å². The number of nitrogens with one attached hydrogen (secondary N) is 12. The minimum absolute atomic E-state index is 0.0224. The summed E-state index contributed by atoms with van der Waals surface area (Å²) in [5.41, 5.74) is 2.34. The lowest BCUT2D eigenvalue weighted by atomic mass is 9.92. The van der Waals surface area contributed by atoms with Crippen LogP contribution in [0.3, 0.4) is 0 Å². The van der Waals surface area contributed by atoms with Crippen LogP contribution in [0.2, 0.25) is 0 Å². The number of aliphatic hydroxyl groups excluding tert-OH is 2. The van der Waals surface area contributed by atoms with Crippen LogP contribution in [0.25, 0.3) is 0 Å². The molecule has 4 unspecified atom stereocenters. The molecule has 37 heteroatoms. The maximum absolute atomic E-state index is 15.4. The van der Waals surface area contributed by atoms with Crippen LogP contribution in [-0.4, -0.2) is 234 Å². The number of benzene rings is 1. The van der Waals surface area contributed by atoms with Gasteiger partial charge in [-0.15, -0.1) is 0 Å². The number of unbranched alkanes of at least 4 members (excludes halogenated alkanes) is 2. The summed E-state index contributed by atoms with van der Waals surface area (Å²) in [4.78, 5) is 228. The van der Waals surface area contributed by atoms with Gasteiger partial charge in [-0.3, -0.25) is 57.5 Å². The molecular weight excluding hydrogens is 1510 g/mol. The number of hydrogen-bond donors (Lipinski definition) is 15. The zero-order valence-electron chi connectivity index (χ0n) is 70.3. The largest absolute Gasteiger partial charge is 0.462 e. The van der Waals surface area contributed by atoms with Gasteiger partial charge in [-0.2, -0.15) is 0 Å². The Bertz CT molecular complexity index is 3480. The third-order valence-electron chi connectivity index (χ3n) is 17.8. The van der Waals surface area contributed by atoms with Crippen molar-refractivity contribution >= 4 is 95.1 Å². The summed E-state index contributed by atoms with van der Waals surface area (Å²) >= 11 is 0. The number of carbonyl (C=O) groups excluding carboxylic acids is 16. The van der Waals surface area contributed by atoms with Gasteiger partial charge < -0.3 is 108 Å². The molecule has 1 aromatic carbocycles. The van der Waals surface area contributed by atoms with Crippen molar-refractivity contribution in [1.29, 1.82) is 0 Å². The number of amides is 12. The summed E-state index contributed by atoms with van der Waals surface area (Å²) in [5, 5.41) is 53.1. The van der Waals surface area contributed by atoms with Gasteiger partial charge in [-0.1, -0.05) is 63.9 Å². The Morgan fingerprint density at radius 2 is 1.05 bits per heavy atom.